The molecule has 0 unspecified atom stereocenters. The average Bonchev–Trinajstić information content (AvgIpc) is 2.81. The molecule has 2 amide bonds. The first-order chi connectivity index (χ1) is 9.54. The molecule has 0 saturated heterocycles. The molecule has 2 aromatic heterocycles. The lowest BCUT2D eigenvalue weighted by molar-refractivity contribution is -0.120. The van der Waals surface area contributed by atoms with Crippen LogP contribution in [0.5, 0.6) is 0 Å². The van der Waals surface area contributed by atoms with Crippen molar-refractivity contribution in [1.29, 1.82) is 0 Å². The summed E-state index contributed by atoms with van der Waals surface area (Å²) < 4.78 is 0.882. The molecular weight excluding hydrogens is 276 g/mol. The van der Waals surface area contributed by atoms with Gasteiger partial charge in [-0.3, -0.25) is 14.6 Å². The summed E-state index contributed by atoms with van der Waals surface area (Å²) in [4.78, 5) is 29.7. The fourth-order valence-corrected chi connectivity index (χ4v) is 2.85. The molecular formula is C13H16N4O2S. The van der Waals surface area contributed by atoms with Crippen LogP contribution in [0.3, 0.4) is 0 Å². The molecule has 0 bridgehead atoms. The van der Waals surface area contributed by atoms with E-state index in [1.54, 1.807) is 20.3 Å². The normalized spacial score (nSPS) is 10.5. The molecule has 20 heavy (non-hydrogen) atoms. The average molecular weight is 292 g/mol. The second kappa shape index (κ2) is 5.87. The maximum atomic E-state index is 12.3. The molecule has 106 valence electrons. The first kappa shape index (κ1) is 14.3. The van der Waals surface area contributed by atoms with Gasteiger partial charge >= 0.3 is 0 Å². The largest absolute Gasteiger partial charge is 0.396 e. The zero-order valence-corrected chi connectivity index (χ0v) is 12.2. The van der Waals surface area contributed by atoms with E-state index >= 15 is 0 Å². The maximum absolute atomic E-state index is 12.3. The number of thiophene rings is 1. The molecule has 0 aliphatic heterocycles. The van der Waals surface area contributed by atoms with Gasteiger partial charge in [-0.05, 0) is 12.1 Å². The van der Waals surface area contributed by atoms with Crippen LogP contribution in [0.25, 0.3) is 10.2 Å². The second-order valence-electron chi connectivity index (χ2n) is 4.34. The molecule has 6 nitrogen and oxygen atoms in total. The van der Waals surface area contributed by atoms with E-state index in [0.29, 0.717) is 22.6 Å². The lowest BCUT2D eigenvalue weighted by atomic mass is 10.3. The summed E-state index contributed by atoms with van der Waals surface area (Å²) in [6.07, 6.45) is 1.91. The van der Waals surface area contributed by atoms with E-state index in [1.165, 1.54) is 16.2 Å². The van der Waals surface area contributed by atoms with Gasteiger partial charge in [-0.1, -0.05) is 0 Å². The number of nitrogens with one attached hydrogen (secondary N) is 1. The van der Waals surface area contributed by atoms with E-state index in [-0.39, 0.29) is 18.2 Å². The van der Waals surface area contributed by atoms with Crippen LogP contribution in [0.15, 0.2) is 18.3 Å². The summed E-state index contributed by atoms with van der Waals surface area (Å²) in [6.45, 7) is 0.347. The quantitative estimate of drug-likeness (QED) is 0.883. The minimum absolute atomic E-state index is 0.101. The number of pyridine rings is 1. The van der Waals surface area contributed by atoms with Gasteiger partial charge in [-0.25, -0.2) is 0 Å². The highest BCUT2D eigenvalue weighted by Gasteiger charge is 2.20. The molecule has 0 radical (unpaired) electrons. The Morgan fingerprint density at radius 2 is 2.25 bits per heavy atom. The number of anilines is 1. The first-order valence-corrected chi connectivity index (χ1v) is 6.95. The third-order valence-electron chi connectivity index (χ3n) is 2.98. The maximum Gasteiger partial charge on any atom is 0.265 e. The van der Waals surface area contributed by atoms with Gasteiger partial charge in [-0.15, -0.1) is 11.3 Å². The van der Waals surface area contributed by atoms with Gasteiger partial charge in [0.25, 0.3) is 5.91 Å². The molecule has 0 fully saturated rings. The van der Waals surface area contributed by atoms with Crippen molar-refractivity contribution in [1.82, 2.24) is 15.2 Å². The Bertz CT molecular complexity index is 653. The van der Waals surface area contributed by atoms with Gasteiger partial charge in [0.2, 0.25) is 5.91 Å². The van der Waals surface area contributed by atoms with Crippen LogP contribution in [0.4, 0.5) is 5.69 Å². The number of rotatable bonds is 4. The van der Waals surface area contributed by atoms with Gasteiger partial charge in [0.05, 0.1) is 10.4 Å². The van der Waals surface area contributed by atoms with Crippen molar-refractivity contribution in [2.24, 2.45) is 0 Å². The van der Waals surface area contributed by atoms with E-state index < -0.39 is 0 Å². The van der Waals surface area contributed by atoms with Crippen molar-refractivity contribution >= 4 is 39.1 Å². The van der Waals surface area contributed by atoms with Crippen molar-refractivity contribution in [2.45, 2.75) is 6.42 Å². The Labute approximate surface area is 120 Å². The van der Waals surface area contributed by atoms with Crippen LogP contribution in [-0.2, 0) is 4.79 Å². The second-order valence-corrected chi connectivity index (χ2v) is 5.40. The lowest BCUT2D eigenvalue weighted by Gasteiger charge is -2.15. The monoisotopic (exact) mass is 292 g/mol. The molecule has 0 aliphatic carbocycles. The summed E-state index contributed by atoms with van der Waals surface area (Å²) in [5, 5.41) is 2.52. The minimum Gasteiger partial charge on any atom is -0.396 e. The van der Waals surface area contributed by atoms with Crippen molar-refractivity contribution < 1.29 is 9.59 Å². The molecule has 2 rings (SSSR count). The molecule has 2 heterocycles. The third kappa shape index (κ3) is 2.72. The number of amides is 2. The van der Waals surface area contributed by atoms with Crippen molar-refractivity contribution in [3.05, 3.63) is 23.2 Å². The predicted molar refractivity (Wildman–Crippen MR) is 79.7 cm³/mol. The zero-order valence-electron chi connectivity index (χ0n) is 11.3. The molecule has 3 N–H and O–H groups in total. The SMILES string of the molecule is CNC(=O)CCN(C)C(=O)c1sc2cccnc2c1N. The van der Waals surface area contributed by atoms with Gasteiger partial charge in [0, 0.05) is 33.3 Å². The highest BCUT2D eigenvalue weighted by molar-refractivity contribution is 7.21. The van der Waals surface area contributed by atoms with E-state index in [2.05, 4.69) is 10.3 Å². The topological polar surface area (TPSA) is 88.3 Å². The first-order valence-electron chi connectivity index (χ1n) is 6.13. The van der Waals surface area contributed by atoms with Crippen LogP contribution < -0.4 is 11.1 Å². The van der Waals surface area contributed by atoms with Crippen LogP contribution in [0.2, 0.25) is 0 Å². The third-order valence-corrected chi connectivity index (χ3v) is 4.12. The molecule has 0 aromatic carbocycles. The van der Waals surface area contributed by atoms with E-state index in [1.807, 2.05) is 12.1 Å². The molecule has 0 spiro atoms. The van der Waals surface area contributed by atoms with E-state index in [0.717, 1.165) is 4.70 Å². The van der Waals surface area contributed by atoms with Crippen LogP contribution >= 0.6 is 11.3 Å². The molecule has 7 heteroatoms. The van der Waals surface area contributed by atoms with E-state index in [4.69, 9.17) is 5.73 Å². The highest BCUT2D eigenvalue weighted by Crippen LogP contribution is 2.32. The van der Waals surface area contributed by atoms with Crippen LogP contribution in [0.1, 0.15) is 16.1 Å². The molecule has 2 aromatic rings. The van der Waals surface area contributed by atoms with Crippen LogP contribution in [0, 0.1) is 0 Å². The summed E-state index contributed by atoms with van der Waals surface area (Å²) in [7, 11) is 3.22. The number of hydrogen-bond acceptors (Lipinski definition) is 5. The number of nitrogen functional groups attached to an aromatic ring is 1. The highest BCUT2D eigenvalue weighted by atomic mass is 32.1. The van der Waals surface area contributed by atoms with Gasteiger partial charge in [0.15, 0.2) is 0 Å². The number of hydrogen-bond donors (Lipinski definition) is 2. The molecule has 0 aliphatic rings. The number of nitrogens with zero attached hydrogens (tertiary/aromatic N) is 2. The van der Waals surface area contributed by atoms with E-state index in [9.17, 15) is 9.59 Å². The number of nitrogens with two attached hydrogens (primary N) is 1. The Balaban J connectivity index is 2.18. The summed E-state index contributed by atoms with van der Waals surface area (Å²) in [5.41, 5.74) is 7.04. The van der Waals surface area contributed by atoms with Crippen molar-refractivity contribution in [3.63, 3.8) is 0 Å². The minimum atomic E-state index is -0.186. The standard InChI is InChI=1S/C13H16N4O2S/c1-15-9(18)5-7-17(2)13(19)12-10(14)11-8(20-12)4-3-6-16-11/h3-4,6H,5,7,14H2,1-2H3,(H,15,18). The lowest BCUT2D eigenvalue weighted by Crippen LogP contribution is -2.31. The van der Waals surface area contributed by atoms with Crippen molar-refractivity contribution in [2.75, 3.05) is 26.4 Å². The van der Waals surface area contributed by atoms with Gasteiger partial charge in [-0.2, -0.15) is 0 Å². The smallest absolute Gasteiger partial charge is 0.265 e. The molecule has 0 atom stereocenters. The fourth-order valence-electron chi connectivity index (χ4n) is 1.78. The Kier molecular flexibility index (Phi) is 4.19. The predicted octanol–water partition coefficient (Wildman–Crippen LogP) is 1.09. The van der Waals surface area contributed by atoms with Crippen LogP contribution in [-0.4, -0.2) is 42.3 Å². The van der Waals surface area contributed by atoms with Gasteiger partial charge < -0.3 is 16.0 Å². The van der Waals surface area contributed by atoms with Gasteiger partial charge in [0.1, 0.15) is 10.4 Å². The summed E-state index contributed by atoms with van der Waals surface area (Å²) >= 11 is 1.32. The number of aromatic nitrogens is 1. The number of carbonyl (C=O) groups is 2. The molecule has 0 saturated carbocycles. The Hall–Kier alpha value is -2.15. The fraction of sp³-hybridized carbons (Fsp3) is 0.308. The Morgan fingerprint density at radius 1 is 1.50 bits per heavy atom. The summed E-state index contributed by atoms with van der Waals surface area (Å²) in [6, 6.07) is 3.69. The number of carbonyl (C=O) groups excluding carboxylic acids is 2. The number of fused-ring (bicyclic) bond motifs is 1. The Morgan fingerprint density at radius 3 is 2.90 bits per heavy atom. The summed E-state index contributed by atoms with van der Waals surface area (Å²) in [5.74, 6) is -0.287. The zero-order chi connectivity index (χ0) is 14.7. The van der Waals surface area contributed by atoms with Crippen molar-refractivity contribution in [3.8, 4) is 0 Å².